The van der Waals surface area contributed by atoms with Crippen LogP contribution in [0.1, 0.15) is 63.0 Å². The molecule has 1 aliphatic rings. The molecule has 1 aliphatic carbocycles. The Balaban J connectivity index is 2.39. The fourth-order valence-electron chi connectivity index (χ4n) is 2.29. The summed E-state index contributed by atoms with van der Waals surface area (Å²) >= 11 is 6.24. The van der Waals surface area contributed by atoms with Crippen LogP contribution in [0.15, 0.2) is 0 Å². The van der Waals surface area contributed by atoms with Gasteiger partial charge in [0.15, 0.2) is 0 Å². The van der Waals surface area contributed by atoms with Crippen LogP contribution >= 0.6 is 11.6 Å². The van der Waals surface area contributed by atoms with Crippen molar-refractivity contribution in [3.8, 4) is 0 Å². The lowest BCUT2D eigenvalue weighted by molar-refractivity contribution is 0.606. The highest BCUT2D eigenvalue weighted by molar-refractivity contribution is 6.30. The molecule has 16 heavy (non-hydrogen) atoms. The molecule has 1 atom stereocenters. The van der Waals surface area contributed by atoms with E-state index in [4.69, 9.17) is 11.6 Å². The molecule has 1 heterocycles. The van der Waals surface area contributed by atoms with Crippen molar-refractivity contribution in [1.82, 2.24) is 9.97 Å². The Bertz CT molecular complexity index is 401. The number of aromatic nitrogens is 2. The second kappa shape index (κ2) is 3.69. The highest BCUT2D eigenvalue weighted by atomic mass is 35.5. The van der Waals surface area contributed by atoms with Crippen LogP contribution in [0.3, 0.4) is 0 Å². The SMILES string of the molecule is Cc1nc(C2CC2(C)C)nc(Cl)c1C(C)C. The smallest absolute Gasteiger partial charge is 0.136 e. The van der Waals surface area contributed by atoms with Crippen LogP contribution in [-0.4, -0.2) is 9.97 Å². The van der Waals surface area contributed by atoms with E-state index in [-0.39, 0.29) is 0 Å². The zero-order chi connectivity index (χ0) is 12.1. The van der Waals surface area contributed by atoms with Gasteiger partial charge >= 0.3 is 0 Å². The molecular formula is C13H19ClN2. The maximum Gasteiger partial charge on any atom is 0.136 e. The Morgan fingerprint density at radius 3 is 2.25 bits per heavy atom. The number of hydrogen-bond acceptors (Lipinski definition) is 2. The summed E-state index contributed by atoms with van der Waals surface area (Å²) in [5, 5.41) is 0.639. The first-order valence-corrected chi connectivity index (χ1v) is 6.24. The fourth-order valence-corrected chi connectivity index (χ4v) is 2.73. The second-order valence-corrected chi connectivity index (χ2v) is 6.13. The van der Waals surface area contributed by atoms with E-state index in [1.807, 2.05) is 6.92 Å². The predicted molar refractivity (Wildman–Crippen MR) is 67.0 cm³/mol. The lowest BCUT2D eigenvalue weighted by atomic mass is 10.0. The molecule has 1 saturated carbocycles. The van der Waals surface area contributed by atoms with Gasteiger partial charge in [0.2, 0.25) is 0 Å². The molecule has 0 bridgehead atoms. The Hall–Kier alpha value is -0.630. The van der Waals surface area contributed by atoms with Gasteiger partial charge in [-0.15, -0.1) is 0 Å². The first kappa shape index (κ1) is 11.8. The minimum Gasteiger partial charge on any atom is -0.238 e. The van der Waals surface area contributed by atoms with Gasteiger partial charge < -0.3 is 0 Å². The Labute approximate surface area is 102 Å². The molecule has 88 valence electrons. The van der Waals surface area contributed by atoms with Gasteiger partial charge in [-0.1, -0.05) is 39.3 Å². The van der Waals surface area contributed by atoms with Crippen LogP contribution in [-0.2, 0) is 0 Å². The Kier molecular flexibility index (Phi) is 2.73. The number of hydrogen-bond donors (Lipinski definition) is 0. The Morgan fingerprint density at radius 2 is 1.88 bits per heavy atom. The molecule has 1 fully saturated rings. The average Bonchev–Trinajstić information content (AvgIpc) is 2.73. The molecule has 1 aromatic heterocycles. The van der Waals surface area contributed by atoms with Crippen LogP contribution in [0.25, 0.3) is 0 Å². The molecule has 1 unspecified atom stereocenters. The normalized spacial score (nSPS) is 22.6. The molecule has 0 aromatic carbocycles. The molecule has 0 aliphatic heterocycles. The standard InChI is InChI=1S/C13H19ClN2/c1-7(2)10-8(3)15-12(16-11(10)14)9-6-13(9,4)5/h7,9H,6H2,1-5H3. The van der Waals surface area contributed by atoms with Crippen molar-refractivity contribution in [2.24, 2.45) is 5.41 Å². The third-order valence-corrected chi connectivity index (χ3v) is 3.80. The van der Waals surface area contributed by atoms with Gasteiger partial charge in [-0.05, 0) is 24.7 Å². The van der Waals surface area contributed by atoms with E-state index in [0.717, 1.165) is 17.1 Å². The van der Waals surface area contributed by atoms with Crippen molar-refractivity contribution in [2.45, 2.75) is 52.9 Å². The summed E-state index contributed by atoms with van der Waals surface area (Å²) in [4.78, 5) is 9.08. The van der Waals surface area contributed by atoms with Crippen LogP contribution in [0, 0.1) is 12.3 Å². The first-order valence-electron chi connectivity index (χ1n) is 5.87. The highest BCUT2D eigenvalue weighted by Crippen LogP contribution is 2.57. The van der Waals surface area contributed by atoms with Crippen LogP contribution in [0.2, 0.25) is 5.15 Å². The summed E-state index contributed by atoms with van der Waals surface area (Å²) in [7, 11) is 0. The van der Waals surface area contributed by atoms with E-state index in [9.17, 15) is 0 Å². The summed E-state index contributed by atoms with van der Waals surface area (Å²) < 4.78 is 0. The summed E-state index contributed by atoms with van der Waals surface area (Å²) in [6, 6.07) is 0. The van der Waals surface area contributed by atoms with Crippen molar-refractivity contribution < 1.29 is 0 Å². The second-order valence-electron chi connectivity index (χ2n) is 5.77. The van der Waals surface area contributed by atoms with Crippen molar-refractivity contribution >= 4 is 11.6 Å². The number of aryl methyl sites for hydroxylation is 1. The molecule has 1 aromatic rings. The highest BCUT2D eigenvalue weighted by Gasteiger charge is 2.48. The van der Waals surface area contributed by atoms with Crippen LogP contribution in [0.4, 0.5) is 0 Å². The minimum atomic E-state index is 0.356. The van der Waals surface area contributed by atoms with Gasteiger partial charge in [0.1, 0.15) is 11.0 Å². The van der Waals surface area contributed by atoms with Gasteiger partial charge in [-0.2, -0.15) is 0 Å². The lowest BCUT2D eigenvalue weighted by Crippen LogP contribution is -2.05. The maximum absolute atomic E-state index is 6.24. The van der Waals surface area contributed by atoms with E-state index >= 15 is 0 Å². The quantitative estimate of drug-likeness (QED) is 0.726. The Morgan fingerprint density at radius 1 is 1.31 bits per heavy atom. The molecule has 0 spiro atoms. The molecule has 2 nitrogen and oxygen atoms in total. The summed E-state index contributed by atoms with van der Waals surface area (Å²) in [5.74, 6) is 1.80. The van der Waals surface area contributed by atoms with Crippen molar-refractivity contribution in [3.05, 3.63) is 22.2 Å². The average molecular weight is 239 g/mol. The third-order valence-electron chi connectivity index (χ3n) is 3.51. The lowest BCUT2D eigenvalue weighted by Gasteiger charge is -2.12. The third kappa shape index (κ3) is 1.95. The number of nitrogens with zero attached hydrogens (tertiary/aromatic N) is 2. The van der Waals surface area contributed by atoms with Crippen LogP contribution < -0.4 is 0 Å². The zero-order valence-corrected chi connectivity index (χ0v) is 11.4. The summed E-state index contributed by atoms with van der Waals surface area (Å²) in [6.07, 6.45) is 1.17. The van der Waals surface area contributed by atoms with Crippen molar-refractivity contribution in [2.75, 3.05) is 0 Å². The molecule has 0 saturated heterocycles. The topological polar surface area (TPSA) is 25.8 Å². The maximum atomic E-state index is 6.24. The minimum absolute atomic E-state index is 0.356. The fraction of sp³-hybridized carbons (Fsp3) is 0.692. The molecule has 2 rings (SSSR count). The van der Waals surface area contributed by atoms with E-state index in [1.54, 1.807) is 0 Å². The van der Waals surface area contributed by atoms with Crippen molar-refractivity contribution in [3.63, 3.8) is 0 Å². The number of rotatable bonds is 2. The van der Waals surface area contributed by atoms with E-state index < -0.39 is 0 Å². The van der Waals surface area contributed by atoms with E-state index in [1.165, 1.54) is 6.42 Å². The summed E-state index contributed by atoms with van der Waals surface area (Å²) in [6.45, 7) is 10.8. The van der Waals surface area contributed by atoms with Gasteiger partial charge in [0.05, 0.1) is 0 Å². The molecule has 0 amide bonds. The van der Waals surface area contributed by atoms with Gasteiger partial charge in [-0.3, -0.25) is 0 Å². The molecule has 0 radical (unpaired) electrons. The zero-order valence-electron chi connectivity index (χ0n) is 10.6. The van der Waals surface area contributed by atoms with Gasteiger partial charge in [-0.25, -0.2) is 9.97 Å². The molecule has 0 N–H and O–H groups in total. The van der Waals surface area contributed by atoms with Gasteiger partial charge in [0.25, 0.3) is 0 Å². The van der Waals surface area contributed by atoms with Crippen LogP contribution in [0.5, 0.6) is 0 Å². The van der Waals surface area contributed by atoms with Gasteiger partial charge in [0, 0.05) is 17.2 Å². The monoisotopic (exact) mass is 238 g/mol. The summed E-state index contributed by atoms with van der Waals surface area (Å²) in [5.41, 5.74) is 2.48. The van der Waals surface area contributed by atoms with E-state index in [2.05, 4.69) is 37.7 Å². The first-order chi connectivity index (χ1) is 7.33. The molecular weight excluding hydrogens is 220 g/mol. The van der Waals surface area contributed by atoms with Crippen molar-refractivity contribution in [1.29, 1.82) is 0 Å². The van der Waals surface area contributed by atoms with E-state index in [0.29, 0.717) is 22.4 Å². The number of halogens is 1. The molecule has 3 heteroatoms. The largest absolute Gasteiger partial charge is 0.238 e. The predicted octanol–water partition coefficient (Wildman–Crippen LogP) is 4.08.